The molecule has 2 atom stereocenters. The van der Waals surface area contributed by atoms with E-state index < -0.39 is 0 Å². The zero-order valence-electron chi connectivity index (χ0n) is 16.3. The fourth-order valence-corrected chi connectivity index (χ4v) is 2.40. The highest BCUT2D eigenvalue weighted by molar-refractivity contribution is 5.91. The number of rotatable bonds is 7. The summed E-state index contributed by atoms with van der Waals surface area (Å²) >= 11 is 0. The summed E-state index contributed by atoms with van der Waals surface area (Å²) in [5.74, 6) is 0.598. The number of aliphatic hydroxyl groups excluding tert-OH is 1. The topological polar surface area (TPSA) is 79.2 Å². The maximum Gasteiger partial charge on any atom is 0.239 e. The van der Waals surface area contributed by atoms with Gasteiger partial charge in [-0.3, -0.25) is 4.79 Å². The van der Waals surface area contributed by atoms with Crippen LogP contribution in [0.15, 0.2) is 36.4 Å². The Morgan fingerprint density at radius 1 is 1.23 bits per heavy atom. The number of aliphatic hydroxyl groups is 1. The molecule has 1 aromatic heterocycles. The molecular formula is C20H30N4O2. The Morgan fingerprint density at radius 3 is 2.46 bits per heavy atom. The summed E-state index contributed by atoms with van der Waals surface area (Å²) in [5.41, 5.74) is 1.68. The van der Waals surface area contributed by atoms with Crippen molar-refractivity contribution in [2.75, 3.05) is 18.5 Å². The zero-order valence-corrected chi connectivity index (χ0v) is 16.3. The molecule has 6 heteroatoms. The van der Waals surface area contributed by atoms with E-state index >= 15 is 0 Å². The van der Waals surface area contributed by atoms with Gasteiger partial charge in [0.2, 0.25) is 5.91 Å². The number of hydrogen-bond acceptors (Lipinski definition) is 4. The third kappa shape index (κ3) is 5.16. The molecule has 0 aliphatic heterocycles. The van der Waals surface area contributed by atoms with Gasteiger partial charge in [-0.2, -0.15) is 5.10 Å². The quantitative estimate of drug-likeness (QED) is 0.711. The first kappa shape index (κ1) is 20.1. The van der Waals surface area contributed by atoms with Gasteiger partial charge in [-0.15, -0.1) is 0 Å². The fraction of sp³-hybridized carbons (Fsp3) is 0.500. The number of benzene rings is 1. The van der Waals surface area contributed by atoms with Gasteiger partial charge in [-0.1, -0.05) is 45.9 Å². The predicted octanol–water partition coefficient (Wildman–Crippen LogP) is 2.71. The highest BCUT2D eigenvalue weighted by Crippen LogP contribution is 2.26. The van der Waals surface area contributed by atoms with Crippen molar-refractivity contribution in [1.29, 1.82) is 0 Å². The fourth-order valence-electron chi connectivity index (χ4n) is 2.40. The molecule has 26 heavy (non-hydrogen) atoms. The van der Waals surface area contributed by atoms with E-state index in [1.165, 1.54) is 0 Å². The van der Waals surface area contributed by atoms with Crippen molar-refractivity contribution >= 4 is 11.7 Å². The minimum atomic E-state index is -0.139. The Hall–Kier alpha value is -2.18. The van der Waals surface area contributed by atoms with Crippen LogP contribution in [0.2, 0.25) is 0 Å². The summed E-state index contributed by atoms with van der Waals surface area (Å²) in [7, 11) is 0. The van der Waals surface area contributed by atoms with Crippen molar-refractivity contribution in [3.8, 4) is 5.69 Å². The molecule has 142 valence electrons. The van der Waals surface area contributed by atoms with Gasteiger partial charge in [-0.05, 0) is 25.0 Å². The number of carbonyl (C=O) groups is 1. The molecule has 0 aliphatic carbocycles. The van der Waals surface area contributed by atoms with E-state index in [0.29, 0.717) is 5.82 Å². The molecule has 0 fully saturated rings. The minimum absolute atomic E-state index is 0.0509. The summed E-state index contributed by atoms with van der Waals surface area (Å²) in [4.78, 5) is 12.4. The first-order chi connectivity index (χ1) is 12.2. The first-order valence-corrected chi connectivity index (χ1v) is 9.02. The Morgan fingerprint density at radius 2 is 1.88 bits per heavy atom. The van der Waals surface area contributed by atoms with Crippen molar-refractivity contribution in [1.82, 2.24) is 15.1 Å². The third-order valence-electron chi connectivity index (χ3n) is 4.47. The van der Waals surface area contributed by atoms with E-state index in [2.05, 4.69) is 36.5 Å². The van der Waals surface area contributed by atoms with Gasteiger partial charge in [0.25, 0.3) is 0 Å². The monoisotopic (exact) mass is 358 g/mol. The molecule has 3 N–H and O–H groups in total. The summed E-state index contributed by atoms with van der Waals surface area (Å²) in [6, 6.07) is 11.7. The van der Waals surface area contributed by atoms with Crippen molar-refractivity contribution < 1.29 is 9.90 Å². The van der Waals surface area contributed by atoms with Gasteiger partial charge in [-0.25, -0.2) is 4.68 Å². The highest BCUT2D eigenvalue weighted by atomic mass is 16.3. The standard InChI is InChI=1S/C20H30N4O2/c1-14(13-25)15(2)21-12-19(26)22-18-11-17(20(3,4)5)23-24(18)16-9-7-6-8-10-16/h6-11,14-15,21,25H,12-13H2,1-5H3,(H,22,26)/t14-,15+/m1/s1. The SMILES string of the molecule is C[C@H](CO)[C@H](C)NCC(=O)Nc1cc(C(C)(C)C)nn1-c1ccccc1. The minimum Gasteiger partial charge on any atom is -0.396 e. The molecule has 2 aromatic rings. The van der Waals surface area contributed by atoms with Crippen LogP contribution in [0.3, 0.4) is 0 Å². The largest absolute Gasteiger partial charge is 0.396 e. The van der Waals surface area contributed by atoms with E-state index in [9.17, 15) is 9.90 Å². The molecule has 0 aliphatic rings. The van der Waals surface area contributed by atoms with Crippen LogP contribution in [0, 0.1) is 5.92 Å². The van der Waals surface area contributed by atoms with Crippen LogP contribution in [0.25, 0.3) is 5.69 Å². The summed E-state index contributed by atoms with van der Waals surface area (Å²) in [6.07, 6.45) is 0. The van der Waals surface area contributed by atoms with Crippen LogP contribution < -0.4 is 10.6 Å². The average Bonchev–Trinajstić information content (AvgIpc) is 3.03. The van der Waals surface area contributed by atoms with Gasteiger partial charge in [0.1, 0.15) is 5.82 Å². The molecule has 0 saturated carbocycles. The number of anilines is 1. The second kappa shape index (κ2) is 8.47. The van der Waals surface area contributed by atoms with Crippen LogP contribution in [0.5, 0.6) is 0 Å². The summed E-state index contributed by atoms with van der Waals surface area (Å²) < 4.78 is 1.76. The summed E-state index contributed by atoms with van der Waals surface area (Å²) in [6.45, 7) is 10.4. The second-order valence-electron chi connectivity index (χ2n) is 7.79. The van der Waals surface area contributed by atoms with Crippen molar-refractivity contribution in [2.45, 2.75) is 46.1 Å². The third-order valence-corrected chi connectivity index (χ3v) is 4.47. The average molecular weight is 358 g/mol. The second-order valence-corrected chi connectivity index (χ2v) is 7.79. The molecule has 0 radical (unpaired) electrons. The van der Waals surface area contributed by atoms with E-state index in [1.54, 1.807) is 4.68 Å². The molecule has 2 rings (SSSR count). The van der Waals surface area contributed by atoms with Gasteiger partial charge in [0.15, 0.2) is 0 Å². The van der Waals surface area contributed by atoms with Crippen LogP contribution in [-0.2, 0) is 10.2 Å². The van der Waals surface area contributed by atoms with Crippen LogP contribution in [0.1, 0.15) is 40.3 Å². The van der Waals surface area contributed by atoms with Crippen molar-refractivity contribution in [2.24, 2.45) is 5.92 Å². The number of hydrogen-bond donors (Lipinski definition) is 3. The number of carbonyl (C=O) groups excluding carboxylic acids is 1. The molecule has 6 nitrogen and oxygen atoms in total. The van der Waals surface area contributed by atoms with Gasteiger partial charge in [0.05, 0.1) is 17.9 Å². The molecular weight excluding hydrogens is 328 g/mol. The zero-order chi connectivity index (χ0) is 19.3. The molecule has 0 saturated heterocycles. The normalized spacial score (nSPS) is 14.1. The van der Waals surface area contributed by atoms with Gasteiger partial charge >= 0.3 is 0 Å². The predicted molar refractivity (Wildman–Crippen MR) is 105 cm³/mol. The van der Waals surface area contributed by atoms with Crippen molar-refractivity contribution in [3.05, 3.63) is 42.1 Å². The lowest BCUT2D eigenvalue weighted by Crippen LogP contribution is -2.39. The molecule has 1 aromatic carbocycles. The molecule has 0 bridgehead atoms. The Balaban J connectivity index is 2.17. The number of para-hydroxylation sites is 1. The van der Waals surface area contributed by atoms with Crippen LogP contribution in [0.4, 0.5) is 5.82 Å². The smallest absolute Gasteiger partial charge is 0.239 e. The maximum atomic E-state index is 12.4. The van der Waals surface area contributed by atoms with Crippen LogP contribution >= 0.6 is 0 Å². The van der Waals surface area contributed by atoms with E-state index in [0.717, 1.165) is 11.4 Å². The molecule has 0 unspecified atom stereocenters. The lowest BCUT2D eigenvalue weighted by Gasteiger charge is -2.19. The number of amides is 1. The lowest BCUT2D eigenvalue weighted by atomic mass is 9.92. The maximum absolute atomic E-state index is 12.4. The summed E-state index contributed by atoms with van der Waals surface area (Å²) in [5, 5.41) is 20.0. The number of nitrogens with zero attached hydrogens (tertiary/aromatic N) is 2. The van der Waals surface area contributed by atoms with E-state index in [-0.39, 0.29) is 36.4 Å². The molecule has 0 spiro atoms. The van der Waals surface area contributed by atoms with Gasteiger partial charge < -0.3 is 15.7 Å². The van der Waals surface area contributed by atoms with E-state index in [4.69, 9.17) is 0 Å². The van der Waals surface area contributed by atoms with Crippen LogP contribution in [-0.4, -0.2) is 40.0 Å². The number of aromatic nitrogens is 2. The lowest BCUT2D eigenvalue weighted by molar-refractivity contribution is -0.115. The first-order valence-electron chi connectivity index (χ1n) is 9.02. The van der Waals surface area contributed by atoms with Gasteiger partial charge in [0, 0.05) is 24.1 Å². The van der Waals surface area contributed by atoms with Crippen molar-refractivity contribution in [3.63, 3.8) is 0 Å². The Labute approximate surface area is 155 Å². The Kier molecular flexibility index (Phi) is 6.56. The molecule has 1 amide bonds. The highest BCUT2D eigenvalue weighted by Gasteiger charge is 2.21. The number of nitrogens with one attached hydrogen (secondary N) is 2. The molecule has 1 heterocycles. The van der Waals surface area contributed by atoms with E-state index in [1.807, 2.05) is 50.2 Å². The Bertz CT molecular complexity index is 719.